The van der Waals surface area contributed by atoms with Crippen molar-refractivity contribution in [3.05, 3.63) is 45.9 Å². The molecule has 5 nitrogen and oxygen atoms in total. The van der Waals surface area contributed by atoms with E-state index in [1.807, 2.05) is 24.0 Å². The number of carbonyl (C=O) groups excluding carboxylic acids is 1. The maximum atomic E-state index is 12.7. The van der Waals surface area contributed by atoms with Crippen LogP contribution in [-0.2, 0) is 17.9 Å². The number of likely N-dealkylation sites (tertiary alicyclic amines) is 2. The normalized spacial score (nSPS) is 23.3. The van der Waals surface area contributed by atoms with E-state index >= 15 is 0 Å². The monoisotopic (exact) mass is 357 g/mol. The number of ether oxygens (including phenoxy) is 1. The molecule has 2 atom stereocenters. The number of rotatable bonds is 5. The Hall–Kier alpha value is -1.92. The first-order valence-corrected chi connectivity index (χ1v) is 9.55. The van der Waals surface area contributed by atoms with E-state index in [0.717, 1.165) is 42.6 Å². The van der Waals surface area contributed by atoms with E-state index in [9.17, 15) is 4.79 Å². The quantitative estimate of drug-likeness (QED) is 0.825. The van der Waals surface area contributed by atoms with Crippen molar-refractivity contribution in [3.63, 3.8) is 0 Å². The van der Waals surface area contributed by atoms with E-state index in [-0.39, 0.29) is 5.92 Å². The van der Waals surface area contributed by atoms with Gasteiger partial charge in [-0.25, -0.2) is 4.98 Å². The van der Waals surface area contributed by atoms with Crippen molar-refractivity contribution < 1.29 is 9.53 Å². The van der Waals surface area contributed by atoms with Crippen molar-refractivity contribution in [1.29, 1.82) is 0 Å². The number of hydrogen-bond acceptors (Lipinski definition) is 5. The molecule has 2 saturated heterocycles. The first kappa shape index (κ1) is 16.5. The molecule has 1 aromatic carbocycles. The molecule has 1 aromatic heterocycles. The van der Waals surface area contributed by atoms with Crippen LogP contribution in [0.3, 0.4) is 0 Å². The molecule has 1 amide bonds. The lowest BCUT2D eigenvalue weighted by Gasteiger charge is -2.21. The summed E-state index contributed by atoms with van der Waals surface area (Å²) in [6, 6.07) is 8.20. The Balaban J connectivity index is 1.35. The number of amides is 1. The van der Waals surface area contributed by atoms with Crippen LogP contribution in [0.2, 0.25) is 0 Å². The summed E-state index contributed by atoms with van der Waals surface area (Å²) < 4.78 is 5.21. The van der Waals surface area contributed by atoms with Crippen LogP contribution < -0.4 is 4.74 Å². The molecule has 0 N–H and O–H groups in total. The zero-order chi connectivity index (χ0) is 17.4. The van der Waals surface area contributed by atoms with Crippen molar-refractivity contribution in [1.82, 2.24) is 14.8 Å². The summed E-state index contributed by atoms with van der Waals surface area (Å²) >= 11 is 1.65. The Morgan fingerprint density at radius 3 is 2.64 bits per heavy atom. The number of carbonyl (C=O) groups is 1. The molecule has 0 unspecified atom stereocenters. The topological polar surface area (TPSA) is 45.7 Å². The summed E-state index contributed by atoms with van der Waals surface area (Å²) in [7, 11) is 1.68. The number of aryl methyl sites for hydroxylation is 1. The third-order valence-corrected chi connectivity index (χ3v) is 6.01. The molecule has 6 heteroatoms. The Kier molecular flexibility index (Phi) is 4.48. The smallest absolute Gasteiger partial charge is 0.227 e. The minimum atomic E-state index is 0.151. The van der Waals surface area contributed by atoms with Crippen LogP contribution in [0.5, 0.6) is 5.75 Å². The van der Waals surface area contributed by atoms with E-state index in [0.29, 0.717) is 18.4 Å². The van der Waals surface area contributed by atoms with Crippen molar-refractivity contribution in [2.24, 2.45) is 11.8 Å². The summed E-state index contributed by atoms with van der Waals surface area (Å²) in [4.78, 5) is 21.6. The number of fused-ring (bicyclic) bond motifs is 1. The maximum Gasteiger partial charge on any atom is 0.227 e. The van der Waals surface area contributed by atoms with Crippen molar-refractivity contribution in [2.45, 2.75) is 20.0 Å². The van der Waals surface area contributed by atoms with E-state index in [2.05, 4.69) is 27.4 Å². The van der Waals surface area contributed by atoms with Crippen LogP contribution in [0, 0.1) is 18.8 Å². The fourth-order valence-corrected chi connectivity index (χ4v) is 4.57. The van der Waals surface area contributed by atoms with Crippen LogP contribution in [0.15, 0.2) is 29.6 Å². The molecule has 3 heterocycles. The van der Waals surface area contributed by atoms with Crippen LogP contribution in [-0.4, -0.2) is 47.4 Å². The van der Waals surface area contributed by atoms with E-state index in [4.69, 9.17) is 4.74 Å². The molecule has 0 radical (unpaired) electrons. The second-order valence-corrected chi connectivity index (χ2v) is 8.05. The molecule has 4 rings (SSSR count). The van der Waals surface area contributed by atoms with Crippen molar-refractivity contribution >= 4 is 17.2 Å². The predicted octanol–water partition coefficient (Wildman–Crippen LogP) is 2.55. The number of thiazole rings is 1. The van der Waals surface area contributed by atoms with Gasteiger partial charge in [-0.15, -0.1) is 11.3 Å². The highest BCUT2D eigenvalue weighted by atomic mass is 32.1. The van der Waals surface area contributed by atoms with Gasteiger partial charge in [-0.05, 0) is 24.6 Å². The zero-order valence-electron chi connectivity index (χ0n) is 14.6. The van der Waals surface area contributed by atoms with Gasteiger partial charge in [-0.3, -0.25) is 9.69 Å². The van der Waals surface area contributed by atoms with Gasteiger partial charge in [0, 0.05) is 37.5 Å². The van der Waals surface area contributed by atoms with E-state index < -0.39 is 0 Å². The average molecular weight is 357 g/mol. The molecule has 2 fully saturated rings. The van der Waals surface area contributed by atoms with Gasteiger partial charge in [-0.2, -0.15) is 0 Å². The minimum absolute atomic E-state index is 0.151. The molecule has 0 spiro atoms. The van der Waals surface area contributed by atoms with Crippen molar-refractivity contribution in [2.75, 3.05) is 26.7 Å². The molecular formula is C19H23N3O2S. The molecular weight excluding hydrogens is 334 g/mol. The molecule has 0 bridgehead atoms. The van der Waals surface area contributed by atoms with Gasteiger partial charge >= 0.3 is 0 Å². The summed E-state index contributed by atoms with van der Waals surface area (Å²) in [6.45, 7) is 6.28. The predicted molar refractivity (Wildman–Crippen MR) is 97.5 cm³/mol. The Labute approximate surface area is 152 Å². The number of aromatic nitrogens is 1. The van der Waals surface area contributed by atoms with Crippen LogP contribution >= 0.6 is 11.3 Å². The third-order valence-electron chi connectivity index (χ3n) is 5.19. The second kappa shape index (κ2) is 6.77. The fraction of sp³-hybridized carbons (Fsp3) is 0.474. The average Bonchev–Trinajstić information content (AvgIpc) is 3.27. The van der Waals surface area contributed by atoms with Crippen LogP contribution in [0.1, 0.15) is 16.3 Å². The zero-order valence-corrected chi connectivity index (χ0v) is 15.5. The van der Waals surface area contributed by atoms with Crippen LogP contribution in [0.4, 0.5) is 0 Å². The van der Waals surface area contributed by atoms with E-state index in [1.165, 1.54) is 5.56 Å². The molecule has 132 valence electrons. The molecule has 25 heavy (non-hydrogen) atoms. The summed E-state index contributed by atoms with van der Waals surface area (Å²) in [5.74, 6) is 1.78. The Morgan fingerprint density at radius 2 is 2.00 bits per heavy atom. The molecule has 0 saturated carbocycles. The largest absolute Gasteiger partial charge is 0.497 e. The van der Waals surface area contributed by atoms with Gasteiger partial charge in [-0.1, -0.05) is 12.1 Å². The van der Waals surface area contributed by atoms with E-state index in [1.54, 1.807) is 18.4 Å². The molecule has 2 aliphatic heterocycles. The van der Waals surface area contributed by atoms with Gasteiger partial charge in [0.2, 0.25) is 5.91 Å². The summed E-state index contributed by atoms with van der Waals surface area (Å²) in [5, 5.41) is 3.12. The third kappa shape index (κ3) is 3.41. The Bertz CT molecular complexity index is 758. The highest BCUT2D eigenvalue weighted by Gasteiger charge is 2.45. The molecule has 2 aliphatic rings. The van der Waals surface area contributed by atoms with Gasteiger partial charge in [0.1, 0.15) is 5.75 Å². The van der Waals surface area contributed by atoms with Crippen LogP contribution in [0.25, 0.3) is 0 Å². The van der Waals surface area contributed by atoms with Gasteiger partial charge in [0.05, 0.1) is 30.3 Å². The first-order valence-electron chi connectivity index (χ1n) is 8.67. The SMILES string of the molecule is COc1ccc(CN2C[C@H]3CN(Cc4csc(C)n4)C(=O)[C@H]3C2)cc1. The minimum Gasteiger partial charge on any atom is -0.497 e. The van der Waals surface area contributed by atoms with Crippen molar-refractivity contribution in [3.8, 4) is 5.75 Å². The van der Waals surface area contributed by atoms with Gasteiger partial charge in [0.15, 0.2) is 0 Å². The maximum absolute atomic E-state index is 12.7. The van der Waals surface area contributed by atoms with Gasteiger partial charge in [0.25, 0.3) is 0 Å². The highest BCUT2D eigenvalue weighted by molar-refractivity contribution is 7.09. The number of benzene rings is 1. The highest BCUT2D eigenvalue weighted by Crippen LogP contribution is 2.34. The lowest BCUT2D eigenvalue weighted by Crippen LogP contribution is -2.32. The molecule has 0 aliphatic carbocycles. The lowest BCUT2D eigenvalue weighted by molar-refractivity contribution is -0.131. The number of hydrogen-bond donors (Lipinski definition) is 0. The lowest BCUT2D eigenvalue weighted by atomic mass is 10.0. The van der Waals surface area contributed by atoms with Gasteiger partial charge < -0.3 is 9.64 Å². The summed E-state index contributed by atoms with van der Waals surface area (Å²) in [6.07, 6.45) is 0. The molecule has 2 aromatic rings. The summed E-state index contributed by atoms with van der Waals surface area (Å²) in [5.41, 5.74) is 2.29. The Morgan fingerprint density at radius 1 is 1.20 bits per heavy atom. The number of methoxy groups -OCH3 is 1. The standard InChI is InChI=1S/C19H23N3O2S/c1-13-20-16(12-25-13)10-22-9-15-8-21(11-18(15)19(22)23)7-14-3-5-17(24-2)6-4-14/h3-6,12,15,18H,7-11H2,1-2H3/t15-,18-/m0/s1. The number of nitrogens with zero attached hydrogens (tertiary/aromatic N) is 3. The second-order valence-electron chi connectivity index (χ2n) is 6.99. The fourth-order valence-electron chi connectivity index (χ4n) is 3.97. The first-order chi connectivity index (χ1) is 12.1.